The third-order valence-corrected chi connectivity index (χ3v) is 8.62. The van der Waals surface area contributed by atoms with Gasteiger partial charge in [-0.15, -0.1) is 0 Å². The fourth-order valence-electron chi connectivity index (χ4n) is 6.22. The van der Waals surface area contributed by atoms with Crippen molar-refractivity contribution in [1.29, 1.82) is 0 Å². The van der Waals surface area contributed by atoms with Crippen LogP contribution in [-0.4, -0.2) is 4.98 Å². The minimum absolute atomic E-state index is 0.0892. The second-order valence-corrected chi connectivity index (χ2v) is 12.2. The van der Waals surface area contributed by atoms with Crippen LogP contribution in [0.15, 0.2) is 114 Å². The van der Waals surface area contributed by atoms with Gasteiger partial charge in [0.25, 0.3) is 0 Å². The van der Waals surface area contributed by atoms with Gasteiger partial charge in [0.1, 0.15) is 0 Å². The van der Waals surface area contributed by atoms with Crippen LogP contribution in [0.4, 0.5) is 0 Å². The highest BCUT2D eigenvalue weighted by molar-refractivity contribution is 9.10. The Balaban J connectivity index is 0.000000221. The smallest absolute Gasteiger partial charge is 0.0701 e. The van der Waals surface area contributed by atoms with Gasteiger partial charge in [-0.25, -0.2) is 0 Å². The molecule has 0 radical (unpaired) electrons. The van der Waals surface area contributed by atoms with Gasteiger partial charge in [-0.05, 0) is 87.4 Å². The molecule has 0 amide bonds. The molecule has 0 N–H and O–H groups in total. The fraction of sp³-hybridized carbons (Fsp3) is 0.171. The van der Waals surface area contributed by atoms with Crippen molar-refractivity contribution in [2.24, 2.45) is 0 Å². The Kier molecular flexibility index (Phi) is 6.72. The molecule has 0 saturated heterocycles. The Morgan fingerprint density at radius 1 is 0.763 bits per heavy atom. The molecule has 1 aliphatic carbocycles. The molecule has 0 saturated carbocycles. The highest BCUT2D eigenvalue weighted by Crippen LogP contribution is 2.48. The van der Waals surface area contributed by atoms with Gasteiger partial charge in [-0.2, -0.15) is 0 Å². The first kappa shape index (κ1) is 25.1. The summed E-state index contributed by atoms with van der Waals surface area (Å²) >= 11 is 10.3. The first-order chi connectivity index (χ1) is 18.4. The Morgan fingerprint density at radius 3 is 2.32 bits per heavy atom. The van der Waals surface area contributed by atoms with Crippen LogP contribution in [-0.2, 0) is 11.8 Å². The normalized spacial score (nSPS) is 16.2. The van der Waals surface area contributed by atoms with Crippen LogP contribution in [0.25, 0.3) is 32.4 Å². The van der Waals surface area contributed by atoms with Crippen LogP contribution in [0.3, 0.4) is 0 Å². The van der Waals surface area contributed by atoms with Crippen molar-refractivity contribution in [2.75, 3.05) is 0 Å². The highest BCUT2D eigenvalue weighted by Gasteiger charge is 2.35. The number of pyridine rings is 1. The van der Waals surface area contributed by atoms with E-state index in [9.17, 15) is 0 Å². The molecule has 1 heterocycles. The topological polar surface area (TPSA) is 12.9 Å². The third kappa shape index (κ3) is 4.72. The molecule has 0 spiro atoms. The van der Waals surface area contributed by atoms with Crippen LogP contribution < -0.4 is 0 Å². The summed E-state index contributed by atoms with van der Waals surface area (Å²) in [5.41, 5.74) is 5.50. The van der Waals surface area contributed by atoms with E-state index < -0.39 is 0 Å². The first-order valence-corrected chi connectivity index (χ1v) is 14.3. The number of hydrogen-bond donors (Lipinski definition) is 0. The monoisotopic (exact) mass is 577 g/mol. The quantitative estimate of drug-likeness (QED) is 0.177. The van der Waals surface area contributed by atoms with E-state index in [1.807, 2.05) is 30.5 Å². The van der Waals surface area contributed by atoms with Gasteiger partial charge in [0.2, 0.25) is 0 Å². The van der Waals surface area contributed by atoms with Crippen molar-refractivity contribution < 1.29 is 0 Å². The average molecular weight is 579 g/mol. The first-order valence-electron chi connectivity index (χ1n) is 13.1. The molecule has 1 aromatic heterocycles. The fourth-order valence-corrected chi connectivity index (χ4v) is 6.91. The third-order valence-electron chi connectivity index (χ3n) is 7.81. The van der Waals surface area contributed by atoms with Gasteiger partial charge in [-0.3, -0.25) is 4.98 Å². The summed E-state index contributed by atoms with van der Waals surface area (Å²) in [6, 6.07) is 36.2. The molecule has 1 aliphatic rings. The number of halogens is 2. The van der Waals surface area contributed by atoms with Crippen LogP contribution >= 0.6 is 27.5 Å². The maximum absolute atomic E-state index is 6.71. The maximum Gasteiger partial charge on any atom is 0.0701 e. The largest absolute Gasteiger partial charge is 0.256 e. The summed E-state index contributed by atoms with van der Waals surface area (Å²) in [6.45, 7) is 4.77. The van der Waals surface area contributed by atoms with Crippen molar-refractivity contribution in [3.05, 3.63) is 136 Å². The SMILES string of the molecule is CC1(C)CC(c2cccc(Br)c2)Cc2ccc3c(cc(Cl)c4ccccc43)c21.c1ccc2ncccc2c1. The molecule has 38 heavy (non-hydrogen) atoms. The van der Waals surface area contributed by atoms with Crippen molar-refractivity contribution in [1.82, 2.24) is 4.98 Å². The standard InChI is InChI=1S/C26H22BrCl.C9H7N/c1-26(2)15-18(16-6-5-7-19(27)13-16)12-17-10-11-21-20-8-3-4-9-22(20)24(28)14-23(21)25(17)26;1-2-6-9-8(4-1)5-3-7-10-9/h3-11,13-14,18H,12,15H2,1-2H3;1-7H. The molecule has 0 fully saturated rings. The molecular weight excluding hydrogens is 550 g/mol. The van der Waals surface area contributed by atoms with Gasteiger partial charge < -0.3 is 0 Å². The van der Waals surface area contributed by atoms with E-state index in [4.69, 9.17) is 11.6 Å². The van der Waals surface area contributed by atoms with Gasteiger partial charge >= 0.3 is 0 Å². The summed E-state index contributed by atoms with van der Waals surface area (Å²) in [7, 11) is 0. The lowest BCUT2D eigenvalue weighted by molar-refractivity contribution is 0.395. The Hall–Kier alpha value is -3.20. The average Bonchev–Trinajstić information content (AvgIpc) is 2.93. The number of hydrogen-bond acceptors (Lipinski definition) is 1. The summed E-state index contributed by atoms with van der Waals surface area (Å²) in [4.78, 5) is 4.18. The minimum atomic E-state index is 0.0892. The zero-order chi connectivity index (χ0) is 26.3. The van der Waals surface area contributed by atoms with Crippen molar-refractivity contribution in [3.8, 4) is 0 Å². The molecule has 5 aromatic carbocycles. The van der Waals surface area contributed by atoms with E-state index in [0.29, 0.717) is 5.92 Å². The van der Waals surface area contributed by atoms with E-state index in [0.717, 1.165) is 33.2 Å². The maximum atomic E-state index is 6.71. The van der Waals surface area contributed by atoms with E-state index in [2.05, 4.69) is 114 Å². The lowest BCUT2D eigenvalue weighted by Crippen LogP contribution is -2.29. The summed E-state index contributed by atoms with van der Waals surface area (Å²) in [6.07, 6.45) is 4.03. The number of fused-ring (bicyclic) bond motifs is 6. The number of aromatic nitrogens is 1. The number of rotatable bonds is 1. The van der Waals surface area contributed by atoms with Gasteiger partial charge in [0.15, 0.2) is 0 Å². The molecule has 0 bridgehead atoms. The molecule has 1 atom stereocenters. The van der Waals surface area contributed by atoms with Crippen LogP contribution in [0.1, 0.15) is 42.9 Å². The van der Waals surface area contributed by atoms with Crippen molar-refractivity contribution >= 4 is 60.0 Å². The summed E-state index contributed by atoms with van der Waals surface area (Å²) in [5.74, 6) is 0.536. The number of para-hydroxylation sites is 1. The van der Waals surface area contributed by atoms with E-state index in [1.54, 1.807) is 0 Å². The van der Waals surface area contributed by atoms with Crippen LogP contribution in [0, 0.1) is 0 Å². The predicted molar refractivity (Wildman–Crippen MR) is 166 cm³/mol. The van der Waals surface area contributed by atoms with Crippen LogP contribution in [0.2, 0.25) is 5.02 Å². The molecule has 3 heteroatoms. The van der Waals surface area contributed by atoms with Crippen LogP contribution in [0.5, 0.6) is 0 Å². The van der Waals surface area contributed by atoms with Crippen molar-refractivity contribution in [2.45, 2.75) is 38.0 Å². The lowest BCUT2D eigenvalue weighted by atomic mass is 9.65. The second kappa shape index (κ2) is 10.2. The van der Waals surface area contributed by atoms with E-state index in [1.165, 1.54) is 38.2 Å². The molecule has 1 unspecified atom stereocenters. The number of benzene rings is 5. The molecular formula is C35H29BrClN. The second-order valence-electron chi connectivity index (χ2n) is 10.8. The molecule has 6 aromatic rings. The summed E-state index contributed by atoms with van der Waals surface area (Å²) in [5, 5.41) is 7.06. The zero-order valence-corrected chi connectivity index (χ0v) is 23.9. The summed E-state index contributed by atoms with van der Waals surface area (Å²) < 4.78 is 1.16. The van der Waals surface area contributed by atoms with Crippen molar-refractivity contribution in [3.63, 3.8) is 0 Å². The minimum Gasteiger partial charge on any atom is -0.256 e. The molecule has 188 valence electrons. The van der Waals surface area contributed by atoms with E-state index in [-0.39, 0.29) is 5.41 Å². The number of nitrogens with zero attached hydrogens (tertiary/aromatic N) is 1. The van der Waals surface area contributed by atoms with Gasteiger partial charge in [0, 0.05) is 26.5 Å². The zero-order valence-electron chi connectivity index (χ0n) is 21.6. The van der Waals surface area contributed by atoms with Gasteiger partial charge in [-0.1, -0.05) is 114 Å². The highest BCUT2D eigenvalue weighted by atomic mass is 79.9. The Labute approximate surface area is 237 Å². The molecule has 1 nitrogen and oxygen atoms in total. The molecule has 7 rings (SSSR count). The van der Waals surface area contributed by atoms with E-state index >= 15 is 0 Å². The molecule has 0 aliphatic heterocycles. The van der Waals surface area contributed by atoms with Gasteiger partial charge in [0.05, 0.1) is 5.52 Å². The Bertz CT molecular complexity index is 1720. The Morgan fingerprint density at radius 2 is 1.50 bits per heavy atom. The predicted octanol–water partition coefficient (Wildman–Crippen LogP) is 10.7. The lowest BCUT2D eigenvalue weighted by Gasteiger charge is -2.39.